The number of benzene rings is 2. The zero-order chi connectivity index (χ0) is 37.8. The molecule has 2 aromatic rings. The summed E-state index contributed by atoms with van der Waals surface area (Å²) in [6, 6.07) is 12.3. The predicted octanol–water partition coefficient (Wildman–Crippen LogP) is 8.29. The summed E-state index contributed by atoms with van der Waals surface area (Å²) in [5.41, 5.74) is 9.56. The van der Waals surface area contributed by atoms with Gasteiger partial charge in [-0.15, -0.1) is 0 Å². The maximum absolute atomic E-state index is 13.3. The molecule has 5 unspecified atom stereocenters. The van der Waals surface area contributed by atoms with Gasteiger partial charge in [0.25, 0.3) is 5.91 Å². The van der Waals surface area contributed by atoms with E-state index in [2.05, 4.69) is 73.7 Å². The second-order valence-corrected chi connectivity index (χ2v) is 17.4. The molecule has 290 valence electrons. The fraction of sp³-hybridized carbons (Fsp3) is 0.643. The highest BCUT2D eigenvalue weighted by atomic mass is 35.5. The monoisotopic (exact) mass is 756 g/mol. The topological polar surface area (TPSA) is 97.1 Å². The number of hydrogen-bond acceptors (Lipinski definition) is 7. The molecule has 4 rings (SSSR count). The maximum Gasteiger partial charge on any atom is 0.263 e. The first-order chi connectivity index (χ1) is 25.0. The number of rotatable bonds is 20. The van der Waals surface area contributed by atoms with Gasteiger partial charge >= 0.3 is 0 Å². The van der Waals surface area contributed by atoms with Crippen LogP contribution in [0, 0.1) is 11.8 Å². The molecule has 0 radical (unpaired) electrons. The molecule has 0 bridgehead atoms. The van der Waals surface area contributed by atoms with Crippen molar-refractivity contribution in [3.8, 4) is 5.75 Å². The normalized spacial score (nSPS) is 21.3. The van der Waals surface area contributed by atoms with Gasteiger partial charge in [-0.3, -0.25) is 9.52 Å². The first-order valence-corrected chi connectivity index (χ1v) is 21.3. The SMILES string of the molecule is CC/C=C/[C@](CCCC(CCN)N(C)C)(OCC)C1CCC1CN1CC(c2ccc(Cl)cc2CCC)COc2ccc(C(=O)NS(=O)C(C)C)cc21. The fourth-order valence-corrected chi connectivity index (χ4v) is 8.84. The zero-order valence-corrected chi connectivity index (χ0v) is 34.4. The van der Waals surface area contributed by atoms with Crippen molar-refractivity contribution in [3.05, 3.63) is 70.3 Å². The summed E-state index contributed by atoms with van der Waals surface area (Å²) in [6.07, 6.45) is 13.9. The van der Waals surface area contributed by atoms with Crippen LogP contribution < -0.4 is 20.1 Å². The Labute approximate surface area is 321 Å². The lowest BCUT2D eigenvalue weighted by atomic mass is 9.62. The van der Waals surface area contributed by atoms with Crippen LogP contribution in [0.5, 0.6) is 5.75 Å². The molecule has 8 nitrogen and oxygen atoms in total. The van der Waals surface area contributed by atoms with Crippen LogP contribution in [-0.2, 0) is 22.1 Å². The van der Waals surface area contributed by atoms with Gasteiger partial charge in [-0.05, 0) is 146 Å². The molecule has 6 atom stereocenters. The quantitative estimate of drug-likeness (QED) is 0.131. The van der Waals surface area contributed by atoms with Crippen molar-refractivity contribution in [3.63, 3.8) is 0 Å². The van der Waals surface area contributed by atoms with Gasteiger partial charge in [-0.25, -0.2) is 4.21 Å². The van der Waals surface area contributed by atoms with Crippen molar-refractivity contribution in [2.24, 2.45) is 17.6 Å². The van der Waals surface area contributed by atoms with Gasteiger partial charge in [0.2, 0.25) is 0 Å². The number of carbonyl (C=O) groups excluding carboxylic acids is 1. The van der Waals surface area contributed by atoms with Crippen molar-refractivity contribution in [2.75, 3.05) is 51.8 Å². The zero-order valence-electron chi connectivity index (χ0n) is 32.8. The van der Waals surface area contributed by atoms with Crippen molar-refractivity contribution in [1.82, 2.24) is 9.62 Å². The van der Waals surface area contributed by atoms with Crippen molar-refractivity contribution < 1.29 is 18.5 Å². The van der Waals surface area contributed by atoms with Gasteiger partial charge in [0, 0.05) is 47.5 Å². The summed E-state index contributed by atoms with van der Waals surface area (Å²) in [4.78, 5) is 18.1. The first-order valence-electron chi connectivity index (χ1n) is 19.7. The number of hydrogen-bond donors (Lipinski definition) is 2. The van der Waals surface area contributed by atoms with Crippen LogP contribution in [0.1, 0.15) is 113 Å². The van der Waals surface area contributed by atoms with E-state index in [0.29, 0.717) is 43.2 Å². The van der Waals surface area contributed by atoms with E-state index < -0.39 is 11.0 Å². The van der Waals surface area contributed by atoms with Crippen LogP contribution in [0.3, 0.4) is 0 Å². The highest BCUT2D eigenvalue weighted by molar-refractivity contribution is 7.84. The summed E-state index contributed by atoms with van der Waals surface area (Å²) >= 11 is 6.50. The molecule has 1 heterocycles. The largest absolute Gasteiger partial charge is 0.491 e. The van der Waals surface area contributed by atoms with E-state index in [1.807, 2.05) is 32.0 Å². The molecule has 3 N–H and O–H groups in total. The lowest BCUT2D eigenvalue weighted by Crippen LogP contribution is -2.51. The van der Waals surface area contributed by atoms with E-state index in [-0.39, 0.29) is 22.7 Å². The molecular weight excluding hydrogens is 692 g/mol. The highest BCUT2D eigenvalue weighted by Gasteiger charge is 2.47. The second kappa shape index (κ2) is 20.3. The number of halogens is 1. The maximum atomic E-state index is 13.3. The van der Waals surface area contributed by atoms with Crippen LogP contribution in [0.2, 0.25) is 5.02 Å². The summed E-state index contributed by atoms with van der Waals surface area (Å²) in [5.74, 6) is 1.28. The Morgan fingerprint density at radius 2 is 1.96 bits per heavy atom. The average molecular weight is 758 g/mol. The molecule has 0 saturated heterocycles. The third-order valence-corrected chi connectivity index (χ3v) is 12.5. The lowest BCUT2D eigenvalue weighted by molar-refractivity contribution is -0.100. The molecule has 1 aliphatic carbocycles. The molecule has 1 aliphatic heterocycles. The van der Waals surface area contributed by atoms with Gasteiger partial charge in [-0.2, -0.15) is 0 Å². The minimum Gasteiger partial charge on any atom is -0.491 e. The Hall–Kier alpha value is -2.43. The third-order valence-electron chi connectivity index (χ3n) is 11.0. The molecule has 2 aliphatic rings. The molecule has 1 saturated carbocycles. The smallest absolute Gasteiger partial charge is 0.263 e. The van der Waals surface area contributed by atoms with Crippen LogP contribution in [0.4, 0.5) is 5.69 Å². The van der Waals surface area contributed by atoms with Gasteiger partial charge in [0.1, 0.15) is 16.7 Å². The fourth-order valence-electron chi connectivity index (χ4n) is 8.11. The van der Waals surface area contributed by atoms with E-state index in [1.165, 1.54) is 11.1 Å². The van der Waals surface area contributed by atoms with Gasteiger partial charge in [-0.1, -0.05) is 50.1 Å². The van der Waals surface area contributed by atoms with Crippen molar-refractivity contribution >= 4 is 34.2 Å². The summed E-state index contributed by atoms with van der Waals surface area (Å²) < 4.78 is 28.7. The van der Waals surface area contributed by atoms with E-state index in [1.54, 1.807) is 6.07 Å². The van der Waals surface area contributed by atoms with Crippen LogP contribution >= 0.6 is 11.6 Å². The van der Waals surface area contributed by atoms with E-state index >= 15 is 0 Å². The number of anilines is 1. The summed E-state index contributed by atoms with van der Waals surface area (Å²) in [7, 11) is 2.83. The first kappa shape index (κ1) is 42.3. The lowest BCUT2D eigenvalue weighted by Gasteiger charge is -2.50. The van der Waals surface area contributed by atoms with E-state index in [0.717, 1.165) is 87.3 Å². The standard InChI is InChI=1S/C42H65ClN4O4S/c1-8-11-22-42(51-10-3,23-12-14-36(21-24-44)46(6)7)38-19-15-33(38)27-47-28-34(37-18-17-35(43)25-31(37)13-9-2)29-50-40-20-16-32(26-39(40)47)41(48)45-52(49)30(4)5/h11,16-18,20,22,25-26,30,33-34,36,38H,8-10,12-15,19,21,23-24,27-29,44H2,1-7H3,(H,45,48)/b22-11+/t33?,34?,36?,38?,42-,52?/m1/s1. The number of nitrogens with zero attached hydrogens (tertiary/aromatic N) is 2. The van der Waals surface area contributed by atoms with Crippen molar-refractivity contribution in [2.45, 2.75) is 115 Å². The number of ether oxygens (including phenoxy) is 2. The van der Waals surface area contributed by atoms with Gasteiger partial charge < -0.3 is 25.0 Å². The van der Waals surface area contributed by atoms with E-state index in [9.17, 15) is 9.00 Å². The molecule has 0 aromatic heterocycles. The molecule has 1 fully saturated rings. The van der Waals surface area contributed by atoms with Crippen LogP contribution in [0.25, 0.3) is 0 Å². The molecular formula is C42H65ClN4O4S. The summed E-state index contributed by atoms with van der Waals surface area (Å²) in [5, 5.41) is 0.570. The second-order valence-electron chi connectivity index (χ2n) is 15.2. The van der Waals surface area contributed by atoms with Crippen LogP contribution in [0.15, 0.2) is 48.6 Å². The van der Waals surface area contributed by atoms with E-state index in [4.69, 9.17) is 26.8 Å². The number of allylic oxidation sites excluding steroid dienone is 1. The number of fused-ring (bicyclic) bond motifs is 1. The molecule has 10 heteroatoms. The molecule has 2 aromatic carbocycles. The van der Waals surface area contributed by atoms with Crippen molar-refractivity contribution in [1.29, 1.82) is 0 Å². The predicted molar refractivity (Wildman–Crippen MR) is 218 cm³/mol. The molecule has 52 heavy (non-hydrogen) atoms. The average Bonchev–Trinajstić information content (AvgIpc) is 3.28. The Morgan fingerprint density at radius 1 is 1.17 bits per heavy atom. The number of nitrogens with two attached hydrogens (primary N) is 1. The van der Waals surface area contributed by atoms with Gasteiger partial charge in [0.05, 0.1) is 17.9 Å². The number of aryl methyl sites for hydroxylation is 1. The minimum atomic E-state index is -1.47. The number of nitrogens with one attached hydrogen (secondary N) is 1. The van der Waals surface area contributed by atoms with Crippen LogP contribution in [-0.4, -0.2) is 78.9 Å². The number of amides is 1. The highest BCUT2D eigenvalue weighted by Crippen LogP contribution is 2.49. The summed E-state index contributed by atoms with van der Waals surface area (Å²) in [6.45, 7) is 13.6. The number of carbonyl (C=O) groups is 1. The Morgan fingerprint density at radius 3 is 2.60 bits per heavy atom. The Balaban J connectivity index is 1.70. The minimum absolute atomic E-state index is 0.109. The Bertz CT molecular complexity index is 1500. The Kier molecular flexibility index (Phi) is 16.5. The molecule has 0 spiro atoms. The van der Waals surface area contributed by atoms with Gasteiger partial charge in [0.15, 0.2) is 0 Å². The third kappa shape index (κ3) is 10.8. The molecule has 1 amide bonds.